The Balaban J connectivity index is 2.04. The van der Waals surface area contributed by atoms with Gasteiger partial charge in [-0.25, -0.2) is 8.78 Å². The summed E-state index contributed by atoms with van der Waals surface area (Å²) in [6, 6.07) is 15.1. The third-order valence-electron chi connectivity index (χ3n) is 3.35. The molecule has 0 bridgehead atoms. The molecule has 0 aliphatic rings. The maximum absolute atomic E-state index is 13.8. The summed E-state index contributed by atoms with van der Waals surface area (Å²) in [6.07, 6.45) is 0. The first-order chi connectivity index (χ1) is 10.0. The Kier molecular flexibility index (Phi) is 3.96. The second kappa shape index (κ2) is 5.74. The van der Waals surface area contributed by atoms with Crippen LogP contribution in [0.2, 0.25) is 0 Å². The summed E-state index contributed by atoms with van der Waals surface area (Å²) in [4.78, 5) is 0. The number of hydrogen-bond acceptors (Lipinski definition) is 0. The van der Waals surface area contributed by atoms with Gasteiger partial charge in [0.15, 0.2) is 0 Å². The van der Waals surface area contributed by atoms with Crippen LogP contribution in [0.25, 0.3) is 10.8 Å². The molecular formula is C17H10BrClF2. The van der Waals surface area contributed by atoms with Crippen molar-refractivity contribution in [2.75, 3.05) is 0 Å². The van der Waals surface area contributed by atoms with E-state index in [1.165, 1.54) is 12.1 Å². The second-order valence-electron chi connectivity index (χ2n) is 4.78. The summed E-state index contributed by atoms with van der Waals surface area (Å²) in [5.74, 6) is -1.24. The van der Waals surface area contributed by atoms with Gasteiger partial charge in [0, 0.05) is 16.1 Å². The lowest BCUT2D eigenvalue weighted by molar-refractivity contribution is 0.573. The highest BCUT2D eigenvalue weighted by atomic mass is 79.9. The van der Waals surface area contributed by atoms with E-state index in [2.05, 4.69) is 15.9 Å². The van der Waals surface area contributed by atoms with Crippen LogP contribution >= 0.6 is 27.5 Å². The Labute approximate surface area is 134 Å². The SMILES string of the molecule is Fc1ccc(C(Cl)c2ccc3cc(Br)ccc3c2)c(F)c1. The van der Waals surface area contributed by atoms with Gasteiger partial charge in [-0.15, -0.1) is 11.6 Å². The number of hydrogen-bond donors (Lipinski definition) is 0. The van der Waals surface area contributed by atoms with Gasteiger partial charge >= 0.3 is 0 Å². The van der Waals surface area contributed by atoms with Crippen molar-refractivity contribution in [1.82, 2.24) is 0 Å². The number of benzene rings is 3. The molecule has 3 aromatic rings. The Morgan fingerprint density at radius 3 is 2.33 bits per heavy atom. The molecule has 0 aliphatic heterocycles. The van der Waals surface area contributed by atoms with Crippen LogP contribution in [0.3, 0.4) is 0 Å². The standard InChI is InChI=1S/C17H10BrClF2/c18-13-4-3-10-7-12(2-1-11(10)8-13)17(19)15-6-5-14(20)9-16(15)21/h1-9,17H. The highest BCUT2D eigenvalue weighted by molar-refractivity contribution is 9.10. The summed E-state index contributed by atoms with van der Waals surface area (Å²) in [5, 5.41) is 1.43. The van der Waals surface area contributed by atoms with Crippen molar-refractivity contribution in [3.05, 3.63) is 81.8 Å². The molecule has 0 N–H and O–H groups in total. The molecule has 0 amide bonds. The zero-order chi connectivity index (χ0) is 15.0. The lowest BCUT2D eigenvalue weighted by Crippen LogP contribution is -1.98. The first-order valence-corrected chi connectivity index (χ1v) is 7.56. The minimum absolute atomic E-state index is 0.273. The van der Waals surface area contributed by atoms with Gasteiger partial charge in [-0.3, -0.25) is 0 Å². The van der Waals surface area contributed by atoms with E-state index < -0.39 is 17.0 Å². The number of halogens is 4. The predicted octanol–water partition coefficient (Wildman–Crippen LogP) is 6.21. The zero-order valence-corrected chi connectivity index (χ0v) is 13.1. The molecular weight excluding hydrogens is 358 g/mol. The van der Waals surface area contributed by atoms with Crippen LogP contribution in [-0.2, 0) is 0 Å². The van der Waals surface area contributed by atoms with E-state index in [0.29, 0.717) is 0 Å². The van der Waals surface area contributed by atoms with E-state index in [9.17, 15) is 8.78 Å². The van der Waals surface area contributed by atoms with Gasteiger partial charge in [-0.05, 0) is 40.6 Å². The first kappa shape index (κ1) is 14.5. The monoisotopic (exact) mass is 366 g/mol. The smallest absolute Gasteiger partial charge is 0.131 e. The van der Waals surface area contributed by atoms with Crippen LogP contribution in [0.5, 0.6) is 0 Å². The Hall–Kier alpha value is -1.45. The molecule has 0 aromatic heterocycles. The fourth-order valence-corrected chi connectivity index (χ4v) is 2.97. The summed E-state index contributed by atoms with van der Waals surface area (Å²) in [7, 11) is 0. The second-order valence-corrected chi connectivity index (χ2v) is 6.13. The average molecular weight is 368 g/mol. The van der Waals surface area contributed by atoms with Gasteiger partial charge < -0.3 is 0 Å². The largest absolute Gasteiger partial charge is 0.207 e. The van der Waals surface area contributed by atoms with Crippen molar-refractivity contribution >= 4 is 38.3 Å². The molecule has 0 spiro atoms. The van der Waals surface area contributed by atoms with E-state index in [1.807, 2.05) is 36.4 Å². The Bertz CT molecular complexity index is 817. The van der Waals surface area contributed by atoms with Crippen molar-refractivity contribution < 1.29 is 8.78 Å². The van der Waals surface area contributed by atoms with Gasteiger partial charge in [0.1, 0.15) is 11.6 Å². The van der Waals surface area contributed by atoms with Crippen LogP contribution in [-0.4, -0.2) is 0 Å². The summed E-state index contributed by atoms with van der Waals surface area (Å²) >= 11 is 9.77. The van der Waals surface area contributed by atoms with E-state index >= 15 is 0 Å². The maximum atomic E-state index is 13.8. The fraction of sp³-hybridized carbons (Fsp3) is 0.0588. The molecule has 0 saturated heterocycles. The number of rotatable bonds is 2. The topological polar surface area (TPSA) is 0 Å². The highest BCUT2D eigenvalue weighted by Gasteiger charge is 2.16. The number of fused-ring (bicyclic) bond motifs is 1. The molecule has 4 heteroatoms. The molecule has 0 aliphatic carbocycles. The molecule has 0 fully saturated rings. The Morgan fingerprint density at radius 2 is 1.57 bits per heavy atom. The lowest BCUT2D eigenvalue weighted by Gasteiger charge is -2.12. The van der Waals surface area contributed by atoms with Gasteiger partial charge in [-0.1, -0.05) is 40.2 Å². The van der Waals surface area contributed by atoms with Crippen LogP contribution in [0.15, 0.2) is 59.1 Å². The predicted molar refractivity (Wildman–Crippen MR) is 85.7 cm³/mol. The van der Waals surface area contributed by atoms with Crippen molar-refractivity contribution in [3.63, 3.8) is 0 Å². The third kappa shape index (κ3) is 2.94. The summed E-state index contributed by atoms with van der Waals surface area (Å²) < 4.78 is 27.8. The van der Waals surface area contributed by atoms with Gasteiger partial charge in [-0.2, -0.15) is 0 Å². The first-order valence-electron chi connectivity index (χ1n) is 6.33. The van der Waals surface area contributed by atoms with Crippen molar-refractivity contribution in [1.29, 1.82) is 0 Å². The molecule has 0 heterocycles. The maximum Gasteiger partial charge on any atom is 0.131 e. The summed E-state index contributed by atoms with van der Waals surface area (Å²) in [5.41, 5.74) is 1.05. The van der Waals surface area contributed by atoms with Crippen LogP contribution in [0, 0.1) is 11.6 Å². The zero-order valence-electron chi connectivity index (χ0n) is 10.8. The van der Waals surface area contributed by atoms with Crippen LogP contribution < -0.4 is 0 Å². The van der Waals surface area contributed by atoms with Crippen molar-refractivity contribution in [2.24, 2.45) is 0 Å². The third-order valence-corrected chi connectivity index (χ3v) is 4.33. The van der Waals surface area contributed by atoms with Gasteiger partial charge in [0.25, 0.3) is 0 Å². The van der Waals surface area contributed by atoms with Gasteiger partial charge in [0.2, 0.25) is 0 Å². The highest BCUT2D eigenvalue weighted by Crippen LogP contribution is 2.33. The Morgan fingerprint density at radius 1 is 0.857 bits per heavy atom. The lowest BCUT2D eigenvalue weighted by atomic mass is 10.0. The van der Waals surface area contributed by atoms with Crippen molar-refractivity contribution in [3.8, 4) is 0 Å². The summed E-state index contributed by atoms with van der Waals surface area (Å²) in [6.45, 7) is 0. The minimum atomic E-state index is -0.654. The molecule has 0 saturated carbocycles. The molecule has 106 valence electrons. The van der Waals surface area contributed by atoms with Gasteiger partial charge in [0.05, 0.1) is 5.38 Å². The normalized spacial score (nSPS) is 12.6. The molecule has 0 nitrogen and oxygen atoms in total. The van der Waals surface area contributed by atoms with E-state index in [4.69, 9.17) is 11.6 Å². The van der Waals surface area contributed by atoms with E-state index in [0.717, 1.165) is 26.9 Å². The molecule has 1 unspecified atom stereocenters. The fourth-order valence-electron chi connectivity index (χ4n) is 2.28. The van der Waals surface area contributed by atoms with Crippen molar-refractivity contribution in [2.45, 2.75) is 5.38 Å². The van der Waals surface area contributed by atoms with E-state index in [-0.39, 0.29) is 5.56 Å². The van der Waals surface area contributed by atoms with E-state index in [1.54, 1.807) is 0 Å². The average Bonchev–Trinajstić information content (AvgIpc) is 2.46. The minimum Gasteiger partial charge on any atom is -0.207 e. The molecule has 3 rings (SSSR count). The molecule has 0 radical (unpaired) electrons. The van der Waals surface area contributed by atoms with Crippen LogP contribution in [0.4, 0.5) is 8.78 Å². The quantitative estimate of drug-likeness (QED) is 0.472. The molecule has 1 atom stereocenters. The van der Waals surface area contributed by atoms with Crippen LogP contribution in [0.1, 0.15) is 16.5 Å². The molecule has 3 aromatic carbocycles. The number of alkyl halides is 1. The molecule has 21 heavy (non-hydrogen) atoms.